The van der Waals surface area contributed by atoms with Crippen molar-refractivity contribution < 1.29 is 9.59 Å². The highest BCUT2D eigenvalue weighted by atomic mass is 16.2. The molecule has 0 spiro atoms. The molecule has 62 heavy (non-hydrogen) atoms. The van der Waals surface area contributed by atoms with Crippen LogP contribution in [0.4, 0.5) is 5.69 Å². The van der Waals surface area contributed by atoms with Crippen LogP contribution in [0.3, 0.4) is 0 Å². The quantitative estimate of drug-likeness (QED) is 0.163. The number of fused-ring (bicyclic) bond motifs is 10. The lowest BCUT2D eigenvalue weighted by atomic mass is 10.0. The van der Waals surface area contributed by atoms with Crippen molar-refractivity contribution in [1.82, 2.24) is 13.7 Å². The SMILES string of the molecule is O=C1c2cccc(-n3c4cc(-n5c6ccccc6c6ccccc65)ccc4c4ccc(-n5c6ccccc6c6ccccc65)cc43)c2C(=O)N1c1ccccc1-c1ccccc1. The van der Waals surface area contributed by atoms with Crippen LogP contribution >= 0.6 is 0 Å². The summed E-state index contributed by atoms with van der Waals surface area (Å²) < 4.78 is 6.85. The maximum atomic E-state index is 15.2. The molecular weight excluding hydrogens is 761 g/mol. The first-order chi connectivity index (χ1) is 30.6. The molecule has 0 saturated heterocycles. The van der Waals surface area contributed by atoms with Gasteiger partial charge < -0.3 is 13.7 Å². The summed E-state index contributed by atoms with van der Waals surface area (Å²) in [5.74, 6) is -0.691. The number of nitrogens with zero attached hydrogens (tertiary/aromatic N) is 4. The van der Waals surface area contributed by atoms with E-state index >= 15 is 4.79 Å². The number of benzene rings is 9. The molecule has 0 radical (unpaired) electrons. The van der Waals surface area contributed by atoms with Gasteiger partial charge in [0.1, 0.15) is 0 Å². The van der Waals surface area contributed by atoms with E-state index in [2.05, 4.69) is 147 Å². The van der Waals surface area contributed by atoms with Crippen LogP contribution in [0.25, 0.3) is 93.6 Å². The van der Waals surface area contributed by atoms with Gasteiger partial charge in [-0.05, 0) is 72.3 Å². The molecule has 6 nitrogen and oxygen atoms in total. The summed E-state index contributed by atoms with van der Waals surface area (Å²) in [4.78, 5) is 31.2. The number of para-hydroxylation sites is 5. The number of imide groups is 1. The molecule has 0 saturated carbocycles. The minimum Gasteiger partial charge on any atom is -0.309 e. The molecule has 12 aromatic rings. The highest BCUT2D eigenvalue weighted by molar-refractivity contribution is 6.36. The van der Waals surface area contributed by atoms with Gasteiger partial charge in [0, 0.05) is 49.3 Å². The molecule has 4 heterocycles. The van der Waals surface area contributed by atoms with Gasteiger partial charge in [0.05, 0.1) is 55.6 Å². The number of hydrogen-bond acceptors (Lipinski definition) is 2. The Labute approximate surface area is 355 Å². The van der Waals surface area contributed by atoms with Gasteiger partial charge in [-0.15, -0.1) is 0 Å². The van der Waals surface area contributed by atoms with E-state index < -0.39 is 0 Å². The predicted molar refractivity (Wildman–Crippen MR) is 252 cm³/mol. The van der Waals surface area contributed by atoms with E-state index in [1.165, 1.54) is 26.4 Å². The molecule has 0 fully saturated rings. The van der Waals surface area contributed by atoms with Crippen molar-refractivity contribution in [2.75, 3.05) is 4.90 Å². The molecule has 0 atom stereocenters. The summed E-state index contributed by atoms with van der Waals surface area (Å²) in [6.45, 7) is 0. The lowest BCUT2D eigenvalue weighted by Crippen LogP contribution is -2.30. The lowest BCUT2D eigenvalue weighted by molar-refractivity contribution is 0.0926. The predicted octanol–water partition coefficient (Wildman–Crippen LogP) is 13.4. The van der Waals surface area contributed by atoms with Crippen LogP contribution in [0.5, 0.6) is 0 Å². The normalized spacial score (nSPS) is 12.9. The molecule has 9 aromatic carbocycles. The number of hydrogen-bond donors (Lipinski definition) is 0. The molecular formula is C56H34N4O2. The maximum Gasteiger partial charge on any atom is 0.268 e. The van der Waals surface area contributed by atoms with Crippen molar-refractivity contribution >= 4 is 82.9 Å². The molecule has 290 valence electrons. The Balaban J connectivity index is 1.10. The Hall–Kier alpha value is -8.48. The number of anilines is 1. The third kappa shape index (κ3) is 4.74. The van der Waals surface area contributed by atoms with E-state index in [1.807, 2.05) is 66.7 Å². The Morgan fingerprint density at radius 2 is 0.710 bits per heavy atom. The van der Waals surface area contributed by atoms with Crippen LogP contribution in [-0.2, 0) is 0 Å². The first-order valence-electron chi connectivity index (χ1n) is 20.9. The van der Waals surface area contributed by atoms with Crippen molar-refractivity contribution in [3.05, 3.63) is 217 Å². The Morgan fingerprint density at radius 1 is 0.290 bits per heavy atom. The molecule has 0 N–H and O–H groups in total. The van der Waals surface area contributed by atoms with Crippen LogP contribution in [0.2, 0.25) is 0 Å². The number of rotatable bonds is 5. The van der Waals surface area contributed by atoms with Crippen molar-refractivity contribution in [3.63, 3.8) is 0 Å². The average molecular weight is 795 g/mol. The van der Waals surface area contributed by atoms with Crippen LogP contribution in [-0.4, -0.2) is 25.5 Å². The van der Waals surface area contributed by atoms with Crippen molar-refractivity contribution in [2.45, 2.75) is 0 Å². The van der Waals surface area contributed by atoms with Gasteiger partial charge in [-0.2, -0.15) is 0 Å². The number of aromatic nitrogens is 3. The monoisotopic (exact) mass is 794 g/mol. The van der Waals surface area contributed by atoms with Gasteiger partial charge in [-0.25, -0.2) is 4.90 Å². The van der Waals surface area contributed by atoms with E-state index in [0.29, 0.717) is 22.5 Å². The zero-order chi connectivity index (χ0) is 41.1. The van der Waals surface area contributed by atoms with Gasteiger partial charge >= 0.3 is 0 Å². The van der Waals surface area contributed by atoms with Crippen molar-refractivity contribution in [1.29, 1.82) is 0 Å². The van der Waals surface area contributed by atoms with Crippen molar-refractivity contribution in [2.24, 2.45) is 0 Å². The van der Waals surface area contributed by atoms with Gasteiger partial charge in [-0.3, -0.25) is 9.59 Å². The van der Waals surface area contributed by atoms with Crippen LogP contribution < -0.4 is 4.90 Å². The lowest BCUT2D eigenvalue weighted by Gasteiger charge is -2.19. The Bertz CT molecular complexity index is 3590. The fourth-order valence-corrected chi connectivity index (χ4v) is 10.1. The van der Waals surface area contributed by atoms with Gasteiger partial charge in [0.2, 0.25) is 0 Å². The highest BCUT2D eigenvalue weighted by Gasteiger charge is 2.40. The molecule has 1 aliphatic heterocycles. The third-order valence-electron chi connectivity index (χ3n) is 12.8. The minimum absolute atomic E-state index is 0.340. The second-order valence-electron chi connectivity index (χ2n) is 16.0. The fourth-order valence-electron chi connectivity index (χ4n) is 10.1. The fraction of sp³-hybridized carbons (Fsp3) is 0. The summed E-state index contributed by atoms with van der Waals surface area (Å²) >= 11 is 0. The minimum atomic E-state index is -0.351. The van der Waals surface area contributed by atoms with Gasteiger partial charge in [0.25, 0.3) is 11.8 Å². The number of carbonyl (C=O) groups excluding carboxylic acids is 2. The number of amides is 2. The zero-order valence-electron chi connectivity index (χ0n) is 33.2. The molecule has 0 aliphatic carbocycles. The molecule has 13 rings (SSSR count). The summed E-state index contributed by atoms with van der Waals surface area (Å²) in [5.41, 5.74) is 12.0. The van der Waals surface area contributed by atoms with Gasteiger partial charge in [-0.1, -0.05) is 140 Å². The Morgan fingerprint density at radius 3 is 1.24 bits per heavy atom. The first kappa shape index (κ1) is 34.4. The summed E-state index contributed by atoms with van der Waals surface area (Å²) in [5, 5.41) is 6.81. The maximum absolute atomic E-state index is 15.2. The average Bonchev–Trinajstić information content (AvgIpc) is 4.03. The van der Waals surface area contributed by atoms with Crippen LogP contribution in [0, 0.1) is 0 Å². The highest BCUT2D eigenvalue weighted by Crippen LogP contribution is 2.43. The van der Waals surface area contributed by atoms with E-state index in [9.17, 15) is 4.79 Å². The molecule has 1 aliphatic rings. The first-order valence-corrected chi connectivity index (χ1v) is 20.9. The molecule has 2 amide bonds. The van der Waals surface area contributed by atoms with E-state index in [-0.39, 0.29) is 11.8 Å². The standard InChI is InChI=1S/C56H34N4O2/c61-55-45-22-14-28-51(54(45)56(62)60(55)46-23-9-4-17-38(46)35-15-2-1-3-16-35)59-52-33-36(57-47-24-10-5-18-39(47)40-19-6-11-25-48(40)57)29-31-43(52)44-32-30-37(34-53(44)59)58-49-26-12-7-20-41(49)42-21-8-13-27-50(42)58/h1-34H. The molecule has 3 aromatic heterocycles. The second-order valence-corrected chi connectivity index (χ2v) is 16.0. The van der Waals surface area contributed by atoms with E-state index in [1.54, 1.807) is 6.07 Å². The second kappa shape index (κ2) is 13.0. The van der Waals surface area contributed by atoms with Crippen LogP contribution in [0.15, 0.2) is 206 Å². The molecule has 0 bridgehead atoms. The zero-order valence-corrected chi connectivity index (χ0v) is 33.2. The summed E-state index contributed by atoms with van der Waals surface area (Å²) in [7, 11) is 0. The van der Waals surface area contributed by atoms with E-state index in [0.717, 1.165) is 66.4 Å². The topological polar surface area (TPSA) is 52.2 Å². The summed E-state index contributed by atoms with van der Waals surface area (Å²) in [6, 6.07) is 70.6. The van der Waals surface area contributed by atoms with E-state index in [4.69, 9.17) is 0 Å². The third-order valence-corrected chi connectivity index (χ3v) is 12.8. The Kier molecular flexibility index (Phi) is 7.22. The summed E-state index contributed by atoms with van der Waals surface area (Å²) in [6.07, 6.45) is 0. The van der Waals surface area contributed by atoms with Crippen molar-refractivity contribution in [3.8, 4) is 28.2 Å². The number of carbonyl (C=O) groups is 2. The van der Waals surface area contributed by atoms with Crippen LogP contribution in [0.1, 0.15) is 20.7 Å². The smallest absolute Gasteiger partial charge is 0.268 e. The largest absolute Gasteiger partial charge is 0.309 e. The molecule has 6 heteroatoms. The molecule has 0 unspecified atom stereocenters. The van der Waals surface area contributed by atoms with Gasteiger partial charge in [0.15, 0.2) is 0 Å².